The highest BCUT2D eigenvalue weighted by Crippen LogP contribution is 2.12. The topological polar surface area (TPSA) is 79.8 Å². The summed E-state index contributed by atoms with van der Waals surface area (Å²) < 4.78 is 18.4. The van der Waals surface area contributed by atoms with Gasteiger partial charge in [-0.1, -0.05) is 13.8 Å². The van der Waals surface area contributed by atoms with E-state index < -0.39 is 24.1 Å². The molecule has 6 nitrogen and oxygen atoms in total. The van der Waals surface area contributed by atoms with Crippen LogP contribution in [0.5, 0.6) is 5.75 Å². The van der Waals surface area contributed by atoms with Crippen molar-refractivity contribution in [1.29, 1.82) is 0 Å². The summed E-state index contributed by atoms with van der Waals surface area (Å²) in [4.78, 5) is 23.5. The van der Waals surface area contributed by atoms with Gasteiger partial charge in [-0.25, -0.2) is 9.82 Å². The van der Waals surface area contributed by atoms with Crippen LogP contribution in [0.4, 0.5) is 10.1 Å². The molecule has 0 aliphatic rings. The summed E-state index contributed by atoms with van der Waals surface area (Å²) in [6, 6.07) is 12.5. The molecule has 0 aliphatic carbocycles. The monoisotopic (exact) mass is 371 g/mol. The van der Waals surface area contributed by atoms with Crippen LogP contribution in [0.3, 0.4) is 0 Å². The van der Waals surface area contributed by atoms with Crippen molar-refractivity contribution in [3.05, 3.63) is 59.9 Å². The number of nitrogens with zero attached hydrogens (tertiary/aromatic N) is 1. The smallest absolute Gasteiger partial charge is 0.249 e. The molecule has 0 spiro atoms. The fourth-order valence-electron chi connectivity index (χ4n) is 2.02. The largest absolute Gasteiger partial charge is 0.493 e. The molecule has 0 fully saturated rings. The highest BCUT2D eigenvalue weighted by atomic mass is 19.1. The number of carbonyl (C=O) groups excluding carboxylic acids is 2. The summed E-state index contributed by atoms with van der Waals surface area (Å²) in [7, 11) is 0. The van der Waals surface area contributed by atoms with Crippen LogP contribution in [-0.2, 0) is 9.59 Å². The maximum atomic E-state index is 12.8. The summed E-state index contributed by atoms with van der Waals surface area (Å²) >= 11 is 0. The number of hydrogen-bond donors (Lipinski definition) is 2. The third-order valence-corrected chi connectivity index (χ3v) is 3.32. The van der Waals surface area contributed by atoms with Gasteiger partial charge in [0.25, 0.3) is 0 Å². The Balaban J connectivity index is 1.75. The lowest BCUT2D eigenvalue weighted by Crippen LogP contribution is -2.24. The molecular formula is C20H22FN3O3. The summed E-state index contributed by atoms with van der Waals surface area (Å²) in [5.74, 6) is -0.257. The molecule has 2 aromatic rings. The van der Waals surface area contributed by atoms with E-state index in [4.69, 9.17) is 4.74 Å². The highest BCUT2D eigenvalue weighted by molar-refractivity contribution is 6.03. The third-order valence-electron chi connectivity index (χ3n) is 3.32. The van der Waals surface area contributed by atoms with Crippen molar-refractivity contribution in [3.8, 4) is 5.75 Å². The summed E-state index contributed by atoms with van der Waals surface area (Å²) in [6.45, 7) is 4.79. The molecule has 0 heterocycles. The molecule has 0 unspecified atom stereocenters. The number of rotatable bonds is 8. The third kappa shape index (κ3) is 7.68. The highest BCUT2D eigenvalue weighted by Gasteiger charge is 2.09. The lowest BCUT2D eigenvalue weighted by molar-refractivity contribution is -0.126. The minimum atomic E-state index is -0.553. The van der Waals surface area contributed by atoms with Crippen LogP contribution in [0.25, 0.3) is 0 Å². The Morgan fingerprint density at radius 3 is 2.37 bits per heavy atom. The van der Waals surface area contributed by atoms with Crippen LogP contribution in [0, 0.1) is 11.7 Å². The number of amides is 2. The molecule has 2 N–H and O–H groups in total. The quantitative estimate of drug-likeness (QED) is 0.424. The van der Waals surface area contributed by atoms with E-state index >= 15 is 0 Å². The van der Waals surface area contributed by atoms with Gasteiger partial charge >= 0.3 is 0 Å². The van der Waals surface area contributed by atoms with E-state index in [0.29, 0.717) is 18.2 Å². The van der Waals surface area contributed by atoms with Crippen molar-refractivity contribution in [2.75, 3.05) is 11.9 Å². The molecule has 7 heteroatoms. The second-order valence-corrected chi connectivity index (χ2v) is 6.30. The van der Waals surface area contributed by atoms with E-state index in [9.17, 15) is 14.0 Å². The van der Waals surface area contributed by atoms with E-state index in [0.717, 1.165) is 11.3 Å². The van der Waals surface area contributed by atoms with Crippen molar-refractivity contribution in [1.82, 2.24) is 5.43 Å². The van der Waals surface area contributed by atoms with Crippen molar-refractivity contribution >= 4 is 23.7 Å². The molecule has 0 aromatic heterocycles. The van der Waals surface area contributed by atoms with Gasteiger partial charge in [-0.05, 0) is 60.0 Å². The molecular weight excluding hydrogens is 349 g/mol. The Hall–Kier alpha value is -3.22. The second-order valence-electron chi connectivity index (χ2n) is 6.30. The zero-order valence-electron chi connectivity index (χ0n) is 15.2. The molecule has 2 aromatic carbocycles. The van der Waals surface area contributed by atoms with Gasteiger partial charge in [-0.2, -0.15) is 5.10 Å². The number of anilines is 1. The Kier molecular flexibility index (Phi) is 7.49. The first-order chi connectivity index (χ1) is 12.9. The number of carbonyl (C=O) groups is 2. The van der Waals surface area contributed by atoms with Gasteiger partial charge in [0.1, 0.15) is 18.0 Å². The first-order valence-corrected chi connectivity index (χ1v) is 8.52. The molecule has 0 radical (unpaired) electrons. The van der Waals surface area contributed by atoms with Crippen LogP contribution >= 0.6 is 0 Å². The number of hydrogen-bond acceptors (Lipinski definition) is 4. The Bertz CT molecular complexity index is 787. The van der Waals surface area contributed by atoms with Crippen molar-refractivity contribution < 1.29 is 18.7 Å². The van der Waals surface area contributed by atoms with Gasteiger partial charge in [-0.3, -0.25) is 9.59 Å². The summed E-state index contributed by atoms with van der Waals surface area (Å²) in [5.41, 5.74) is 3.48. The number of ether oxygens (including phenoxy) is 1. The van der Waals surface area contributed by atoms with E-state index in [1.807, 2.05) is 24.3 Å². The first kappa shape index (κ1) is 20.1. The van der Waals surface area contributed by atoms with Gasteiger partial charge in [0, 0.05) is 5.69 Å². The SMILES string of the molecule is CC(C)COc1ccc(C=NNC(=O)CC(=O)Nc2ccc(F)cc2)cc1. The molecule has 142 valence electrons. The number of benzene rings is 2. The Morgan fingerprint density at radius 2 is 1.74 bits per heavy atom. The zero-order chi connectivity index (χ0) is 19.6. The van der Waals surface area contributed by atoms with Crippen molar-refractivity contribution in [2.45, 2.75) is 20.3 Å². The molecule has 0 bridgehead atoms. The van der Waals surface area contributed by atoms with Crippen LogP contribution in [0.15, 0.2) is 53.6 Å². The van der Waals surface area contributed by atoms with Gasteiger partial charge in [0.05, 0.1) is 12.8 Å². The van der Waals surface area contributed by atoms with Gasteiger partial charge in [0.2, 0.25) is 11.8 Å². The van der Waals surface area contributed by atoms with Crippen LogP contribution in [0.2, 0.25) is 0 Å². The maximum absolute atomic E-state index is 12.8. The van der Waals surface area contributed by atoms with Crippen LogP contribution in [0.1, 0.15) is 25.8 Å². The number of nitrogens with one attached hydrogen (secondary N) is 2. The van der Waals surface area contributed by atoms with E-state index in [2.05, 4.69) is 29.7 Å². The van der Waals surface area contributed by atoms with Gasteiger partial charge in [0.15, 0.2) is 0 Å². The lowest BCUT2D eigenvalue weighted by atomic mass is 10.2. The molecule has 0 saturated carbocycles. The second kappa shape index (κ2) is 10.1. The minimum Gasteiger partial charge on any atom is -0.493 e. The number of halogens is 1. The molecule has 0 saturated heterocycles. The van der Waals surface area contributed by atoms with Crippen molar-refractivity contribution in [3.63, 3.8) is 0 Å². The fourth-order valence-corrected chi connectivity index (χ4v) is 2.02. The van der Waals surface area contributed by atoms with E-state index in [1.54, 1.807) is 0 Å². The van der Waals surface area contributed by atoms with Gasteiger partial charge < -0.3 is 10.1 Å². The molecule has 0 aliphatic heterocycles. The molecule has 27 heavy (non-hydrogen) atoms. The lowest BCUT2D eigenvalue weighted by Gasteiger charge is -2.08. The average Bonchev–Trinajstić information content (AvgIpc) is 2.63. The molecule has 2 rings (SSSR count). The van der Waals surface area contributed by atoms with Gasteiger partial charge in [-0.15, -0.1) is 0 Å². The fraction of sp³-hybridized carbons (Fsp3) is 0.250. The van der Waals surface area contributed by atoms with Crippen molar-refractivity contribution in [2.24, 2.45) is 11.0 Å². The Labute approximate surface area is 157 Å². The normalized spacial score (nSPS) is 10.8. The maximum Gasteiger partial charge on any atom is 0.249 e. The number of hydrazone groups is 1. The average molecular weight is 371 g/mol. The van der Waals surface area contributed by atoms with Crippen LogP contribution < -0.4 is 15.5 Å². The molecule has 0 atom stereocenters. The Morgan fingerprint density at radius 1 is 1.07 bits per heavy atom. The van der Waals surface area contributed by atoms with E-state index in [-0.39, 0.29) is 0 Å². The molecule has 2 amide bonds. The minimum absolute atomic E-state index is 0.392. The standard InChI is InChI=1S/C20H22FN3O3/c1-14(2)13-27-18-9-3-15(4-10-18)12-22-24-20(26)11-19(25)23-17-7-5-16(21)6-8-17/h3-10,12,14H,11,13H2,1-2H3,(H,23,25)(H,24,26). The first-order valence-electron chi connectivity index (χ1n) is 8.52. The predicted octanol–water partition coefficient (Wildman–Crippen LogP) is 3.34. The summed E-state index contributed by atoms with van der Waals surface area (Å²) in [5, 5.41) is 6.32. The van der Waals surface area contributed by atoms with E-state index in [1.165, 1.54) is 30.5 Å². The predicted molar refractivity (Wildman–Crippen MR) is 102 cm³/mol. The zero-order valence-corrected chi connectivity index (χ0v) is 15.2. The summed E-state index contributed by atoms with van der Waals surface area (Å²) in [6.07, 6.45) is 1.08. The van der Waals surface area contributed by atoms with Crippen LogP contribution in [-0.4, -0.2) is 24.6 Å².